The number of benzene rings is 2. The Bertz CT molecular complexity index is 924. The van der Waals surface area contributed by atoms with Crippen molar-refractivity contribution in [3.63, 3.8) is 0 Å². The predicted octanol–water partition coefficient (Wildman–Crippen LogP) is 4.05. The van der Waals surface area contributed by atoms with Crippen molar-refractivity contribution in [2.75, 3.05) is 0 Å². The van der Waals surface area contributed by atoms with E-state index in [0.29, 0.717) is 10.6 Å². The third-order valence-electron chi connectivity index (χ3n) is 4.78. The van der Waals surface area contributed by atoms with Crippen LogP contribution in [0.1, 0.15) is 54.6 Å². The molecule has 3 rings (SSSR count). The Hall–Kier alpha value is -1.89. The van der Waals surface area contributed by atoms with Crippen LogP contribution in [0.4, 0.5) is 0 Å². The summed E-state index contributed by atoms with van der Waals surface area (Å²) in [7, 11) is -3.63. The van der Waals surface area contributed by atoms with Gasteiger partial charge in [-0.3, -0.25) is 4.79 Å². The SMILES string of the molecule is CC(NC(=O)c1cccc(S(=O)(=O)NC2CCCC2)c1)c1cccc(Cl)c1. The van der Waals surface area contributed by atoms with Gasteiger partial charge in [-0.15, -0.1) is 0 Å². The number of nitrogens with one attached hydrogen (secondary N) is 2. The normalized spacial score (nSPS) is 16.2. The summed E-state index contributed by atoms with van der Waals surface area (Å²) in [4.78, 5) is 12.7. The van der Waals surface area contributed by atoms with Crippen LogP contribution in [0.5, 0.6) is 0 Å². The number of hydrogen-bond donors (Lipinski definition) is 2. The van der Waals surface area contributed by atoms with Crippen LogP contribution >= 0.6 is 11.6 Å². The molecule has 0 spiro atoms. The lowest BCUT2D eigenvalue weighted by molar-refractivity contribution is 0.0939. The largest absolute Gasteiger partial charge is 0.346 e. The zero-order valence-corrected chi connectivity index (χ0v) is 16.7. The van der Waals surface area contributed by atoms with Gasteiger partial charge in [0.2, 0.25) is 10.0 Å². The lowest BCUT2D eigenvalue weighted by Crippen LogP contribution is -2.33. The first kappa shape index (κ1) is 19.9. The van der Waals surface area contributed by atoms with Gasteiger partial charge in [0.1, 0.15) is 0 Å². The van der Waals surface area contributed by atoms with Crippen molar-refractivity contribution in [2.45, 2.75) is 49.6 Å². The van der Waals surface area contributed by atoms with Crippen molar-refractivity contribution in [3.8, 4) is 0 Å². The van der Waals surface area contributed by atoms with E-state index in [1.54, 1.807) is 24.3 Å². The maximum atomic E-state index is 12.6. The van der Waals surface area contributed by atoms with E-state index in [9.17, 15) is 13.2 Å². The van der Waals surface area contributed by atoms with E-state index < -0.39 is 10.0 Å². The third kappa shape index (κ3) is 5.09. The lowest BCUT2D eigenvalue weighted by Gasteiger charge is -2.16. The van der Waals surface area contributed by atoms with Gasteiger partial charge in [-0.25, -0.2) is 13.1 Å². The molecule has 5 nitrogen and oxygen atoms in total. The van der Waals surface area contributed by atoms with Gasteiger partial charge in [-0.1, -0.05) is 42.6 Å². The molecule has 7 heteroatoms. The highest BCUT2D eigenvalue weighted by Crippen LogP contribution is 2.21. The highest BCUT2D eigenvalue weighted by Gasteiger charge is 2.23. The monoisotopic (exact) mass is 406 g/mol. The first-order valence-corrected chi connectivity index (χ1v) is 10.9. The van der Waals surface area contributed by atoms with Crippen LogP contribution in [-0.2, 0) is 10.0 Å². The molecule has 1 atom stereocenters. The molecule has 144 valence electrons. The van der Waals surface area contributed by atoms with Crippen LogP contribution in [-0.4, -0.2) is 20.4 Å². The van der Waals surface area contributed by atoms with Gasteiger partial charge in [0.15, 0.2) is 0 Å². The van der Waals surface area contributed by atoms with Crippen LogP contribution in [0.3, 0.4) is 0 Å². The summed E-state index contributed by atoms with van der Waals surface area (Å²) in [5.41, 5.74) is 1.18. The summed E-state index contributed by atoms with van der Waals surface area (Å²) in [5, 5.41) is 3.48. The Kier molecular flexibility index (Phi) is 6.19. The number of rotatable bonds is 6. The predicted molar refractivity (Wildman–Crippen MR) is 106 cm³/mol. The van der Waals surface area contributed by atoms with Crippen molar-refractivity contribution in [3.05, 3.63) is 64.7 Å². The average molecular weight is 407 g/mol. The molecule has 27 heavy (non-hydrogen) atoms. The Morgan fingerprint density at radius 1 is 1.11 bits per heavy atom. The Morgan fingerprint density at radius 3 is 2.52 bits per heavy atom. The standard InChI is InChI=1S/C20H23ClN2O3S/c1-14(15-6-4-8-17(21)12-15)22-20(24)16-7-5-11-19(13-16)27(25,26)23-18-9-2-3-10-18/h4-8,11-14,18,23H,2-3,9-10H2,1H3,(H,22,24). The highest BCUT2D eigenvalue weighted by molar-refractivity contribution is 7.89. The summed E-state index contributed by atoms with van der Waals surface area (Å²) in [6.07, 6.45) is 3.79. The fourth-order valence-corrected chi connectivity index (χ4v) is 4.82. The first-order valence-electron chi connectivity index (χ1n) is 9.04. The number of amides is 1. The molecule has 1 amide bonds. The molecule has 1 aliphatic carbocycles. The summed E-state index contributed by atoms with van der Waals surface area (Å²) in [5.74, 6) is -0.333. The fraction of sp³-hybridized carbons (Fsp3) is 0.350. The molecule has 0 radical (unpaired) electrons. The molecular weight excluding hydrogens is 384 g/mol. The molecule has 1 unspecified atom stereocenters. The average Bonchev–Trinajstić information content (AvgIpc) is 3.14. The lowest BCUT2D eigenvalue weighted by atomic mass is 10.1. The molecule has 0 aromatic heterocycles. The van der Waals surface area contributed by atoms with Crippen LogP contribution in [0.15, 0.2) is 53.4 Å². The second-order valence-electron chi connectivity index (χ2n) is 6.88. The molecule has 1 fully saturated rings. The molecule has 1 aliphatic rings. The molecule has 2 aromatic carbocycles. The topological polar surface area (TPSA) is 75.3 Å². The number of carbonyl (C=O) groups is 1. The van der Waals surface area contributed by atoms with Crippen LogP contribution in [0.2, 0.25) is 5.02 Å². The highest BCUT2D eigenvalue weighted by atomic mass is 35.5. The summed E-state index contributed by atoms with van der Waals surface area (Å²) < 4.78 is 27.9. The van der Waals surface area contributed by atoms with Gasteiger partial charge in [0.05, 0.1) is 10.9 Å². The van der Waals surface area contributed by atoms with E-state index in [1.165, 1.54) is 12.1 Å². The Balaban J connectivity index is 1.73. The van der Waals surface area contributed by atoms with Gasteiger partial charge >= 0.3 is 0 Å². The minimum Gasteiger partial charge on any atom is -0.346 e. The van der Waals surface area contributed by atoms with E-state index in [-0.39, 0.29) is 22.9 Å². The molecular formula is C20H23ClN2O3S. The molecule has 1 saturated carbocycles. The van der Waals surface area contributed by atoms with Crippen LogP contribution in [0.25, 0.3) is 0 Å². The zero-order valence-electron chi connectivity index (χ0n) is 15.1. The van der Waals surface area contributed by atoms with Crippen molar-refractivity contribution in [2.24, 2.45) is 0 Å². The van der Waals surface area contributed by atoms with Crippen molar-refractivity contribution in [1.29, 1.82) is 0 Å². The smallest absolute Gasteiger partial charge is 0.251 e. The van der Waals surface area contributed by atoms with Gasteiger partial charge in [-0.05, 0) is 55.7 Å². The molecule has 0 heterocycles. The molecule has 0 saturated heterocycles. The fourth-order valence-electron chi connectivity index (χ4n) is 3.27. The van der Waals surface area contributed by atoms with Crippen LogP contribution < -0.4 is 10.0 Å². The van der Waals surface area contributed by atoms with E-state index in [0.717, 1.165) is 31.2 Å². The first-order chi connectivity index (χ1) is 12.8. The van der Waals surface area contributed by atoms with Crippen molar-refractivity contribution >= 4 is 27.5 Å². The maximum Gasteiger partial charge on any atom is 0.251 e. The van der Waals surface area contributed by atoms with Gasteiger partial charge in [-0.2, -0.15) is 0 Å². The van der Waals surface area contributed by atoms with Gasteiger partial charge in [0.25, 0.3) is 5.91 Å². The van der Waals surface area contributed by atoms with Crippen LogP contribution in [0, 0.1) is 0 Å². The second kappa shape index (κ2) is 8.42. The second-order valence-corrected chi connectivity index (χ2v) is 9.03. The molecule has 2 N–H and O–H groups in total. The number of carbonyl (C=O) groups excluding carboxylic acids is 1. The summed E-state index contributed by atoms with van der Waals surface area (Å²) >= 11 is 6.00. The Labute approximate surface area is 165 Å². The summed E-state index contributed by atoms with van der Waals surface area (Å²) in [6.45, 7) is 1.85. The zero-order chi connectivity index (χ0) is 19.4. The van der Waals surface area contributed by atoms with E-state index in [1.807, 2.05) is 19.1 Å². The number of sulfonamides is 1. The molecule has 2 aromatic rings. The maximum absolute atomic E-state index is 12.6. The molecule has 0 aliphatic heterocycles. The number of hydrogen-bond acceptors (Lipinski definition) is 3. The minimum absolute atomic E-state index is 0.0182. The minimum atomic E-state index is -3.63. The van der Waals surface area contributed by atoms with E-state index >= 15 is 0 Å². The van der Waals surface area contributed by atoms with Crippen molar-refractivity contribution in [1.82, 2.24) is 10.0 Å². The molecule has 0 bridgehead atoms. The van der Waals surface area contributed by atoms with Gasteiger partial charge < -0.3 is 5.32 Å². The quantitative estimate of drug-likeness (QED) is 0.759. The third-order valence-corrected chi connectivity index (χ3v) is 6.53. The van der Waals surface area contributed by atoms with Gasteiger partial charge in [0, 0.05) is 16.6 Å². The van der Waals surface area contributed by atoms with Crippen molar-refractivity contribution < 1.29 is 13.2 Å². The Morgan fingerprint density at radius 2 is 1.81 bits per heavy atom. The van der Waals surface area contributed by atoms with E-state index in [4.69, 9.17) is 11.6 Å². The summed E-state index contributed by atoms with van der Waals surface area (Å²) in [6, 6.07) is 13.1. The number of halogens is 1. The van der Waals surface area contributed by atoms with E-state index in [2.05, 4.69) is 10.0 Å².